The maximum Gasteiger partial charge on any atom is 0.211 e. The fourth-order valence-electron chi connectivity index (χ4n) is 2.25. The first-order valence-electron chi connectivity index (χ1n) is 5.89. The number of nitrogens with one attached hydrogen (secondary N) is 1. The average Bonchev–Trinajstić information content (AvgIpc) is 2.31. The van der Waals surface area contributed by atoms with E-state index in [2.05, 4.69) is 21.2 Å². The summed E-state index contributed by atoms with van der Waals surface area (Å²) in [4.78, 5) is 0. The molecular formula is C12H17BrN2O2S. The summed E-state index contributed by atoms with van der Waals surface area (Å²) in [5, 5.41) is 3.25. The van der Waals surface area contributed by atoms with Crippen LogP contribution in [0.4, 0.5) is 0 Å². The van der Waals surface area contributed by atoms with Gasteiger partial charge in [-0.05, 0) is 24.1 Å². The van der Waals surface area contributed by atoms with Crippen LogP contribution in [0.3, 0.4) is 0 Å². The standard InChI is InChI=1S/C12H17BrN2O2S/c1-18(16,17)15-7-6-14-9-12(15)8-10-2-4-11(13)5-3-10/h2-5,12,14H,6-9H2,1H3. The van der Waals surface area contributed by atoms with Crippen molar-refractivity contribution < 1.29 is 8.42 Å². The molecule has 0 aliphatic carbocycles. The van der Waals surface area contributed by atoms with Crippen molar-refractivity contribution in [2.75, 3.05) is 25.9 Å². The van der Waals surface area contributed by atoms with Gasteiger partial charge in [-0.1, -0.05) is 28.1 Å². The molecule has 1 aliphatic rings. The van der Waals surface area contributed by atoms with Gasteiger partial charge in [-0.25, -0.2) is 8.42 Å². The Morgan fingerprint density at radius 3 is 2.67 bits per heavy atom. The number of benzene rings is 1. The van der Waals surface area contributed by atoms with Gasteiger partial charge in [0.1, 0.15) is 0 Å². The van der Waals surface area contributed by atoms with E-state index in [1.54, 1.807) is 4.31 Å². The molecule has 1 saturated heterocycles. The summed E-state index contributed by atoms with van der Waals surface area (Å²) in [5.74, 6) is 0. The Kier molecular flexibility index (Phi) is 4.42. The van der Waals surface area contributed by atoms with Crippen LogP contribution in [0.5, 0.6) is 0 Å². The third-order valence-corrected chi connectivity index (χ3v) is 4.97. The zero-order valence-corrected chi connectivity index (χ0v) is 12.7. The Labute approximate surface area is 117 Å². The van der Waals surface area contributed by atoms with Crippen LogP contribution in [0.15, 0.2) is 28.7 Å². The number of piperazine rings is 1. The van der Waals surface area contributed by atoms with Crippen molar-refractivity contribution in [3.63, 3.8) is 0 Å². The van der Waals surface area contributed by atoms with E-state index in [9.17, 15) is 8.42 Å². The maximum absolute atomic E-state index is 11.7. The Bertz CT molecular complexity index is 501. The molecule has 0 amide bonds. The SMILES string of the molecule is CS(=O)(=O)N1CCNCC1Cc1ccc(Br)cc1. The number of halogens is 1. The number of hydrogen-bond acceptors (Lipinski definition) is 3. The van der Waals surface area contributed by atoms with E-state index in [1.807, 2.05) is 24.3 Å². The molecule has 0 saturated carbocycles. The van der Waals surface area contributed by atoms with Crippen LogP contribution >= 0.6 is 15.9 Å². The average molecular weight is 333 g/mol. The van der Waals surface area contributed by atoms with Crippen molar-refractivity contribution in [2.24, 2.45) is 0 Å². The minimum atomic E-state index is -3.12. The predicted molar refractivity (Wildman–Crippen MR) is 76.1 cm³/mol. The number of sulfonamides is 1. The molecule has 4 nitrogen and oxygen atoms in total. The highest BCUT2D eigenvalue weighted by atomic mass is 79.9. The normalized spacial score (nSPS) is 22.0. The quantitative estimate of drug-likeness (QED) is 0.905. The largest absolute Gasteiger partial charge is 0.314 e. The van der Waals surface area contributed by atoms with E-state index in [0.29, 0.717) is 13.1 Å². The summed E-state index contributed by atoms with van der Waals surface area (Å²) >= 11 is 3.40. The van der Waals surface area contributed by atoms with Crippen molar-refractivity contribution in [3.8, 4) is 0 Å². The second kappa shape index (κ2) is 5.69. The lowest BCUT2D eigenvalue weighted by atomic mass is 10.0. The Balaban J connectivity index is 2.13. The Morgan fingerprint density at radius 1 is 1.39 bits per heavy atom. The second-order valence-corrected chi connectivity index (χ2v) is 7.41. The fourth-order valence-corrected chi connectivity index (χ4v) is 3.62. The molecule has 0 aromatic heterocycles. The zero-order valence-electron chi connectivity index (χ0n) is 10.3. The molecule has 1 aromatic rings. The summed E-state index contributed by atoms with van der Waals surface area (Å²) in [5.41, 5.74) is 1.15. The molecule has 1 aromatic carbocycles. The van der Waals surface area contributed by atoms with Crippen molar-refractivity contribution >= 4 is 26.0 Å². The molecule has 1 unspecified atom stereocenters. The molecule has 1 atom stereocenters. The lowest BCUT2D eigenvalue weighted by molar-refractivity contribution is 0.267. The van der Waals surface area contributed by atoms with Crippen LogP contribution in [0.25, 0.3) is 0 Å². The Hall–Kier alpha value is -0.430. The minimum absolute atomic E-state index is 0.00919. The molecule has 1 N–H and O–H groups in total. The molecule has 100 valence electrons. The summed E-state index contributed by atoms with van der Waals surface area (Å²) in [7, 11) is -3.12. The molecule has 18 heavy (non-hydrogen) atoms. The van der Waals surface area contributed by atoms with Gasteiger partial charge in [0.2, 0.25) is 10.0 Å². The molecular weight excluding hydrogens is 316 g/mol. The molecule has 1 aliphatic heterocycles. The molecule has 0 bridgehead atoms. The summed E-state index contributed by atoms with van der Waals surface area (Å²) in [6, 6.07) is 8.03. The smallest absolute Gasteiger partial charge is 0.211 e. The van der Waals surface area contributed by atoms with Gasteiger partial charge < -0.3 is 5.32 Å². The summed E-state index contributed by atoms with van der Waals surface area (Å²) < 4.78 is 26.1. The van der Waals surface area contributed by atoms with Crippen molar-refractivity contribution in [1.82, 2.24) is 9.62 Å². The van der Waals surface area contributed by atoms with Crippen molar-refractivity contribution in [1.29, 1.82) is 0 Å². The molecule has 6 heteroatoms. The van der Waals surface area contributed by atoms with Crippen LogP contribution < -0.4 is 5.32 Å². The first kappa shape index (κ1) is 14.0. The van der Waals surface area contributed by atoms with Crippen LogP contribution in [0.1, 0.15) is 5.56 Å². The van der Waals surface area contributed by atoms with Gasteiger partial charge in [-0.15, -0.1) is 0 Å². The van der Waals surface area contributed by atoms with Crippen LogP contribution in [-0.4, -0.2) is 44.7 Å². The topological polar surface area (TPSA) is 49.4 Å². The van der Waals surface area contributed by atoms with E-state index >= 15 is 0 Å². The second-order valence-electron chi connectivity index (χ2n) is 4.56. The zero-order chi connectivity index (χ0) is 13.2. The van der Waals surface area contributed by atoms with Crippen LogP contribution in [0, 0.1) is 0 Å². The monoisotopic (exact) mass is 332 g/mol. The maximum atomic E-state index is 11.7. The summed E-state index contributed by atoms with van der Waals surface area (Å²) in [6.07, 6.45) is 2.03. The molecule has 1 fully saturated rings. The van der Waals surface area contributed by atoms with Gasteiger partial charge >= 0.3 is 0 Å². The lowest BCUT2D eigenvalue weighted by Crippen LogP contribution is -2.54. The van der Waals surface area contributed by atoms with Crippen LogP contribution in [-0.2, 0) is 16.4 Å². The predicted octanol–water partition coefficient (Wildman–Crippen LogP) is 1.23. The molecule has 1 heterocycles. The first-order valence-corrected chi connectivity index (χ1v) is 8.53. The minimum Gasteiger partial charge on any atom is -0.314 e. The number of hydrogen-bond donors (Lipinski definition) is 1. The van der Waals surface area contributed by atoms with Gasteiger partial charge in [0, 0.05) is 30.1 Å². The third-order valence-electron chi connectivity index (χ3n) is 3.11. The third kappa shape index (κ3) is 3.54. The number of rotatable bonds is 3. The van der Waals surface area contributed by atoms with E-state index in [0.717, 1.165) is 23.0 Å². The van der Waals surface area contributed by atoms with Gasteiger partial charge in [-0.3, -0.25) is 0 Å². The van der Waals surface area contributed by atoms with E-state index < -0.39 is 10.0 Å². The fraction of sp³-hybridized carbons (Fsp3) is 0.500. The number of nitrogens with zero attached hydrogens (tertiary/aromatic N) is 1. The van der Waals surface area contributed by atoms with E-state index in [4.69, 9.17) is 0 Å². The van der Waals surface area contributed by atoms with Crippen molar-refractivity contribution in [3.05, 3.63) is 34.3 Å². The van der Waals surface area contributed by atoms with Crippen molar-refractivity contribution in [2.45, 2.75) is 12.5 Å². The summed E-state index contributed by atoms with van der Waals surface area (Å²) in [6.45, 7) is 1.99. The van der Waals surface area contributed by atoms with E-state index in [1.165, 1.54) is 6.26 Å². The first-order chi connectivity index (χ1) is 8.47. The van der Waals surface area contributed by atoms with E-state index in [-0.39, 0.29) is 6.04 Å². The van der Waals surface area contributed by atoms with Gasteiger partial charge in [0.15, 0.2) is 0 Å². The molecule has 0 spiro atoms. The highest BCUT2D eigenvalue weighted by Crippen LogP contribution is 2.16. The van der Waals surface area contributed by atoms with Gasteiger partial charge in [0.05, 0.1) is 6.26 Å². The Morgan fingerprint density at radius 2 is 2.06 bits per heavy atom. The molecule has 0 radical (unpaired) electrons. The molecule has 2 rings (SSSR count). The van der Waals surface area contributed by atoms with Gasteiger partial charge in [-0.2, -0.15) is 4.31 Å². The highest BCUT2D eigenvalue weighted by molar-refractivity contribution is 9.10. The van der Waals surface area contributed by atoms with Crippen LogP contribution in [0.2, 0.25) is 0 Å². The van der Waals surface area contributed by atoms with Gasteiger partial charge in [0.25, 0.3) is 0 Å². The lowest BCUT2D eigenvalue weighted by Gasteiger charge is -2.34. The highest BCUT2D eigenvalue weighted by Gasteiger charge is 2.29.